The molecule has 2 heterocycles. The Hall–Kier alpha value is -5.37. The molecular weight excluding hydrogens is 869 g/mol. The number of thiophene rings is 1. The second-order valence-electron chi connectivity index (χ2n) is 19.8. The van der Waals surface area contributed by atoms with Gasteiger partial charge in [0.15, 0.2) is 0 Å². The van der Waals surface area contributed by atoms with Crippen LogP contribution in [0.25, 0.3) is 43.3 Å². The maximum absolute atomic E-state index is 3.62. The summed E-state index contributed by atoms with van der Waals surface area (Å²) in [4.78, 5) is 4.59. The normalized spacial score (nSPS) is 17.4. The lowest BCUT2D eigenvalue weighted by Crippen LogP contribution is -2.00. The SMILES string of the molecule is C/C=C\c1c(Cc2cc(CCCC)cc(C(C)C=C=CCC3=CC(c4cccc(-c5ccc(-c6cc(CCCC)cc(/C7=C/CCCC8=C(CCCC8)S7)c6)cc5)c4)CC=C3)c2)sc2ccccc12. The van der Waals surface area contributed by atoms with E-state index in [9.17, 15) is 0 Å². The molecule has 2 aliphatic carbocycles. The molecule has 5 aromatic carbocycles. The summed E-state index contributed by atoms with van der Waals surface area (Å²) in [6.07, 6.45) is 37.7. The van der Waals surface area contributed by atoms with Gasteiger partial charge < -0.3 is 0 Å². The van der Waals surface area contributed by atoms with Crippen LogP contribution in [0.3, 0.4) is 0 Å². The van der Waals surface area contributed by atoms with Crippen LogP contribution >= 0.6 is 23.1 Å². The number of allylic oxidation sites excluding steroid dienone is 9. The second kappa shape index (κ2) is 24.0. The minimum Gasteiger partial charge on any atom is -0.139 e. The Kier molecular flexibility index (Phi) is 16.9. The van der Waals surface area contributed by atoms with Gasteiger partial charge in [-0.2, -0.15) is 0 Å². The molecule has 1 aromatic heterocycles. The maximum atomic E-state index is 3.62. The van der Waals surface area contributed by atoms with E-state index in [1.807, 2.05) is 11.3 Å². The van der Waals surface area contributed by atoms with Crippen molar-refractivity contribution in [2.24, 2.45) is 0 Å². The van der Waals surface area contributed by atoms with Gasteiger partial charge in [0.05, 0.1) is 0 Å². The number of rotatable bonds is 17. The first-order valence-corrected chi connectivity index (χ1v) is 28.1. The van der Waals surface area contributed by atoms with Crippen molar-refractivity contribution in [3.8, 4) is 22.3 Å². The van der Waals surface area contributed by atoms with Crippen molar-refractivity contribution in [2.45, 2.75) is 142 Å². The predicted octanol–water partition coefficient (Wildman–Crippen LogP) is 20.5. The molecule has 0 fully saturated rings. The molecule has 69 heavy (non-hydrogen) atoms. The fourth-order valence-electron chi connectivity index (χ4n) is 10.6. The van der Waals surface area contributed by atoms with Crippen LogP contribution in [0.1, 0.15) is 167 Å². The fraction of sp³-hybridized carbons (Fsp3) is 0.328. The Morgan fingerprint density at radius 1 is 0.725 bits per heavy atom. The van der Waals surface area contributed by atoms with Crippen LogP contribution in [0.4, 0.5) is 0 Å². The number of fused-ring (bicyclic) bond motifs is 1. The molecule has 0 saturated carbocycles. The van der Waals surface area contributed by atoms with Crippen molar-refractivity contribution in [3.05, 3.63) is 217 Å². The van der Waals surface area contributed by atoms with Crippen LogP contribution in [0, 0.1) is 0 Å². The van der Waals surface area contributed by atoms with Crippen molar-refractivity contribution in [3.63, 3.8) is 0 Å². The molecular formula is C67H72S2. The highest BCUT2D eigenvalue weighted by molar-refractivity contribution is 8.11. The third-order valence-corrected chi connectivity index (χ3v) is 17.1. The summed E-state index contributed by atoms with van der Waals surface area (Å²) in [7, 11) is 0. The van der Waals surface area contributed by atoms with Gasteiger partial charge in [-0.05, 0) is 192 Å². The summed E-state index contributed by atoms with van der Waals surface area (Å²) in [5.41, 5.74) is 21.8. The molecule has 3 aliphatic rings. The van der Waals surface area contributed by atoms with Gasteiger partial charge in [-0.3, -0.25) is 0 Å². The highest BCUT2D eigenvalue weighted by Gasteiger charge is 2.19. The van der Waals surface area contributed by atoms with Crippen molar-refractivity contribution < 1.29 is 0 Å². The average molecular weight is 941 g/mol. The van der Waals surface area contributed by atoms with Gasteiger partial charge in [-0.25, -0.2) is 0 Å². The predicted molar refractivity (Wildman–Crippen MR) is 305 cm³/mol. The van der Waals surface area contributed by atoms with E-state index in [0.29, 0.717) is 5.92 Å². The molecule has 2 unspecified atom stereocenters. The molecule has 0 bridgehead atoms. The summed E-state index contributed by atoms with van der Waals surface area (Å²) in [6, 6.07) is 42.3. The first-order valence-electron chi connectivity index (χ1n) is 26.4. The Morgan fingerprint density at radius 3 is 2.30 bits per heavy atom. The van der Waals surface area contributed by atoms with Crippen LogP contribution < -0.4 is 0 Å². The van der Waals surface area contributed by atoms with Gasteiger partial charge in [0.25, 0.3) is 0 Å². The Morgan fingerprint density at radius 2 is 1.48 bits per heavy atom. The lowest BCUT2D eigenvalue weighted by atomic mass is 9.87. The van der Waals surface area contributed by atoms with Crippen molar-refractivity contribution in [1.29, 1.82) is 0 Å². The molecule has 0 amide bonds. The monoisotopic (exact) mass is 941 g/mol. The summed E-state index contributed by atoms with van der Waals surface area (Å²) >= 11 is 4.03. The Bertz CT molecular complexity index is 2950. The van der Waals surface area contributed by atoms with E-state index in [-0.39, 0.29) is 5.92 Å². The van der Waals surface area contributed by atoms with Crippen LogP contribution in [0.15, 0.2) is 174 Å². The van der Waals surface area contributed by atoms with Crippen LogP contribution in [-0.2, 0) is 19.3 Å². The van der Waals surface area contributed by atoms with E-state index in [1.165, 1.54) is 157 Å². The molecule has 0 radical (unpaired) electrons. The molecule has 0 saturated heterocycles. The molecule has 2 atom stereocenters. The minimum absolute atomic E-state index is 0.281. The van der Waals surface area contributed by atoms with E-state index in [4.69, 9.17) is 0 Å². The highest BCUT2D eigenvalue weighted by atomic mass is 32.2. The van der Waals surface area contributed by atoms with Crippen molar-refractivity contribution in [1.82, 2.24) is 0 Å². The number of thioether (sulfide) groups is 1. The van der Waals surface area contributed by atoms with Gasteiger partial charge >= 0.3 is 0 Å². The largest absolute Gasteiger partial charge is 0.139 e. The van der Waals surface area contributed by atoms with Gasteiger partial charge in [0.2, 0.25) is 0 Å². The Labute approximate surface area is 423 Å². The topological polar surface area (TPSA) is 0 Å². The first-order chi connectivity index (χ1) is 33.9. The third kappa shape index (κ3) is 12.5. The zero-order valence-corrected chi connectivity index (χ0v) is 43.4. The zero-order chi connectivity index (χ0) is 47.4. The molecule has 6 aromatic rings. The number of unbranched alkanes of at least 4 members (excludes halogenated alkanes) is 2. The summed E-state index contributed by atoms with van der Waals surface area (Å²) < 4.78 is 1.37. The lowest BCUT2D eigenvalue weighted by Gasteiger charge is -2.23. The summed E-state index contributed by atoms with van der Waals surface area (Å²) in [5.74, 6) is 0.646. The number of benzene rings is 5. The van der Waals surface area contributed by atoms with E-state index < -0.39 is 0 Å². The number of hydrogen-bond acceptors (Lipinski definition) is 2. The van der Waals surface area contributed by atoms with E-state index in [2.05, 4.69) is 203 Å². The average Bonchev–Trinajstić information content (AvgIpc) is 3.72. The minimum atomic E-state index is 0.281. The second-order valence-corrected chi connectivity index (χ2v) is 22.1. The summed E-state index contributed by atoms with van der Waals surface area (Å²) in [6.45, 7) is 9.05. The van der Waals surface area contributed by atoms with Gasteiger partial charge in [0, 0.05) is 32.7 Å². The first kappa shape index (κ1) is 48.6. The number of hydrogen-bond donors (Lipinski definition) is 0. The Balaban J connectivity index is 0.880. The number of aryl methyl sites for hydroxylation is 2. The lowest BCUT2D eigenvalue weighted by molar-refractivity contribution is 0.655. The fourth-order valence-corrected chi connectivity index (χ4v) is 13.1. The van der Waals surface area contributed by atoms with Gasteiger partial charge in [-0.15, -0.1) is 17.1 Å². The third-order valence-electron chi connectivity index (χ3n) is 14.5. The zero-order valence-electron chi connectivity index (χ0n) is 41.8. The quantitative estimate of drug-likeness (QED) is 0.0821. The smallest absolute Gasteiger partial charge is 0.0352 e. The standard InChI is InChI=1S/C67H72S2/c1-5-8-22-50-39-52(45-67-62(20-7-3)63-31-14-17-34-66(63)69-67)44-59(41-50)48(4)21-10-11-24-49-25-18-28-56(40-49)58-30-19-29-57(46-58)53-35-37-54(38-36-53)60-42-51(23-9-6-2)43-61(47-60)65-33-16-13-27-55-26-12-15-32-64(55)68-65/h7,11,14,17-21,25,29-31,33-44,46-48,56H,5-6,8-9,12-13,15-16,22-24,26-28,32,45H2,1-4H3/b20-7-,65-33-. The van der Waals surface area contributed by atoms with Crippen LogP contribution in [-0.4, -0.2) is 0 Å². The van der Waals surface area contributed by atoms with Crippen LogP contribution in [0.5, 0.6) is 0 Å². The molecule has 352 valence electrons. The molecule has 9 rings (SSSR count). The van der Waals surface area contributed by atoms with Crippen molar-refractivity contribution in [2.75, 3.05) is 0 Å². The van der Waals surface area contributed by atoms with E-state index in [1.54, 1.807) is 10.5 Å². The maximum Gasteiger partial charge on any atom is 0.0352 e. The molecule has 1 aliphatic heterocycles. The van der Waals surface area contributed by atoms with Crippen molar-refractivity contribution >= 4 is 44.2 Å². The summed E-state index contributed by atoms with van der Waals surface area (Å²) in [5, 5.41) is 1.37. The molecule has 0 nitrogen and oxygen atoms in total. The highest BCUT2D eigenvalue weighted by Crippen LogP contribution is 2.45. The van der Waals surface area contributed by atoms with E-state index >= 15 is 0 Å². The molecule has 0 N–H and O–H groups in total. The van der Waals surface area contributed by atoms with E-state index in [0.717, 1.165) is 32.1 Å². The van der Waals surface area contributed by atoms with Crippen LogP contribution in [0.2, 0.25) is 0 Å². The molecule has 2 heteroatoms. The van der Waals surface area contributed by atoms with Gasteiger partial charge in [-0.1, -0.05) is 184 Å². The molecule has 0 spiro atoms. The van der Waals surface area contributed by atoms with Gasteiger partial charge in [0.1, 0.15) is 0 Å².